The van der Waals surface area contributed by atoms with Crippen LogP contribution >= 0.6 is 11.6 Å². The maximum atomic E-state index is 8.21. The number of nitrogens with zero attached hydrogens (tertiary/aromatic N) is 4. The van der Waals surface area contributed by atoms with E-state index in [4.69, 9.17) is 11.6 Å². The largest absolute Gasteiger partial charge is 0.311 e. The standard InChI is InChI=1S/C56H67BN2.C56H69ClN2/c1-52(2,3)38-24-39(53(4,5)6)27-43(26-38)58-47-19-15-13-17-45(47)57-46-18-14-16-20-48(46)59(44-28-40(54(7,8)9)25-41(29-44)55(10,11)12)50-31-42(30-49(58)51(50)57)56-32-35-21-36(33-56)23-37(22-35)34-56;1-52(2,3)40-26-41(53(4,5)6)29-47(28-40)58(45-19-15-13-16-20-45)49-32-44(56-34-37-23-38(35-56)25-39(24-37)36-56)33-50(51(49)57)59(46-21-17-14-18-22-46)48-30-42(54(7,8)9)27-43(31-48)55(10,11)12/h13-20,24-31,35-37H,21-23,32-34H2,1-12H3;13-22,26-33,37-39H,23-25,34-36H2,1-12H3. The first kappa shape index (κ1) is 82.1. The Morgan fingerprint density at radius 2 is 0.525 bits per heavy atom. The van der Waals surface area contributed by atoms with Crippen LogP contribution in [0, 0.1) is 35.5 Å². The molecule has 10 aromatic rings. The summed E-state index contributed by atoms with van der Waals surface area (Å²) in [5, 5.41) is 0.767. The van der Waals surface area contributed by atoms with Gasteiger partial charge in [-0.15, -0.1) is 0 Å². The maximum absolute atomic E-state index is 8.21. The number of halogens is 1. The molecule has 8 aliphatic carbocycles. The van der Waals surface area contributed by atoms with Gasteiger partial charge in [0, 0.05) is 56.9 Å². The summed E-state index contributed by atoms with van der Waals surface area (Å²) in [5.41, 5.74) is 33.0. The Bertz CT molecular complexity index is 4960. The fourth-order valence-corrected chi connectivity index (χ4v) is 23.6. The Balaban J connectivity index is 0.000000169. The van der Waals surface area contributed by atoms with Crippen molar-refractivity contribution < 1.29 is 0 Å². The molecule has 6 heteroatoms. The van der Waals surface area contributed by atoms with E-state index in [0.717, 1.165) is 74.7 Å². The number of hydrogen-bond acceptors (Lipinski definition) is 4. The van der Waals surface area contributed by atoms with Crippen LogP contribution < -0.4 is 36.0 Å². The second-order valence-corrected chi connectivity index (χ2v) is 47.2. The third kappa shape index (κ3) is 15.3. The van der Waals surface area contributed by atoms with E-state index in [2.05, 4.69) is 392 Å². The van der Waals surface area contributed by atoms with Crippen LogP contribution in [0.2, 0.25) is 5.02 Å². The summed E-state index contributed by atoms with van der Waals surface area (Å²) < 4.78 is 0. The molecule has 10 aliphatic rings. The first-order valence-electron chi connectivity index (χ1n) is 45.4. The monoisotopic (exact) mass is 1580 g/mol. The van der Waals surface area contributed by atoms with E-state index in [-0.39, 0.29) is 60.9 Å². The molecule has 0 amide bonds. The zero-order chi connectivity index (χ0) is 83.9. The highest BCUT2D eigenvalue weighted by atomic mass is 35.5. The van der Waals surface area contributed by atoms with Gasteiger partial charge in [0.1, 0.15) is 0 Å². The van der Waals surface area contributed by atoms with Gasteiger partial charge in [-0.1, -0.05) is 275 Å². The SMILES string of the molecule is CC(C)(C)c1cc(N(c2ccccc2)c2cc(C34CC5CC(CC(C5)C3)C4)cc(N(c3ccccc3)c3cc(C(C)(C)C)cc(C(C)(C)C)c3)c2Cl)cc(C(C)(C)C)c1.CC(C)(C)c1cc(N2c3ccccc3B3c4ccccc4N(c4cc(C(C)(C)C)cc(C(C)(C)C)c4)c4cc(C56CC7CC(CC(C7)C5)C6)cc2c43)cc(C(C)(C)C)c1. The summed E-state index contributed by atoms with van der Waals surface area (Å²) in [5.74, 6) is 5.04. The molecule has 2 aliphatic heterocycles. The fraction of sp³-hybridized carbons (Fsp3) is 0.464. The summed E-state index contributed by atoms with van der Waals surface area (Å²) in [6, 6.07) is 80.8. The van der Waals surface area contributed by atoms with E-state index in [9.17, 15) is 0 Å². The molecule has 0 unspecified atom stereocenters. The lowest BCUT2D eigenvalue weighted by Crippen LogP contribution is -2.61. The molecular formula is C112H136BClN4. The highest BCUT2D eigenvalue weighted by Gasteiger charge is 2.55. The van der Waals surface area contributed by atoms with Gasteiger partial charge in [0.2, 0.25) is 0 Å². The predicted octanol–water partition coefficient (Wildman–Crippen LogP) is 30.4. The van der Waals surface area contributed by atoms with Crippen LogP contribution in [0.3, 0.4) is 0 Å². The molecule has 8 saturated carbocycles. The molecule has 4 nitrogen and oxygen atoms in total. The fourth-order valence-electron chi connectivity index (χ4n) is 23.3. The lowest BCUT2D eigenvalue weighted by molar-refractivity contribution is -0.00526. The molecule has 20 rings (SSSR count). The first-order chi connectivity index (χ1) is 55.3. The summed E-state index contributed by atoms with van der Waals surface area (Å²) in [4.78, 5) is 10.4. The Morgan fingerprint density at radius 3 is 0.797 bits per heavy atom. The van der Waals surface area contributed by atoms with E-state index in [1.165, 1.54) is 178 Å². The van der Waals surface area contributed by atoms with Gasteiger partial charge in [-0.2, -0.15) is 0 Å². The second kappa shape index (κ2) is 29.0. The minimum absolute atomic E-state index is 0.00684. The van der Waals surface area contributed by atoms with Gasteiger partial charge in [0.15, 0.2) is 0 Å². The van der Waals surface area contributed by atoms with Crippen molar-refractivity contribution in [2.24, 2.45) is 35.5 Å². The average molecular weight is 1580 g/mol. The van der Waals surface area contributed by atoms with Crippen molar-refractivity contribution in [3.05, 3.63) is 267 Å². The third-order valence-electron chi connectivity index (χ3n) is 29.4. The van der Waals surface area contributed by atoms with Crippen LogP contribution in [-0.4, -0.2) is 6.71 Å². The Morgan fingerprint density at radius 1 is 0.280 bits per heavy atom. The number of benzene rings is 10. The highest BCUT2D eigenvalue weighted by Crippen LogP contribution is 2.65. The molecule has 0 atom stereocenters. The van der Waals surface area contributed by atoms with Crippen LogP contribution in [-0.2, 0) is 54.1 Å². The first-order valence-corrected chi connectivity index (χ1v) is 45.8. The van der Waals surface area contributed by atoms with Crippen LogP contribution in [0.25, 0.3) is 0 Å². The summed E-state index contributed by atoms with van der Waals surface area (Å²) in [6.07, 6.45) is 16.4. The van der Waals surface area contributed by atoms with E-state index in [0.29, 0.717) is 0 Å². The third-order valence-corrected chi connectivity index (χ3v) is 29.7. The molecule has 8 fully saturated rings. The van der Waals surface area contributed by atoms with Crippen molar-refractivity contribution in [1.82, 2.24) is 0 Å². The molecule has 0 N–H and O–H groups in total. The van der Waals surface area contributed by atoms with Crippen molar-refractivity contribution in [1.29, 1.82) is 0 Å². The minimum Gasteiger partial charge on any atom is -0.311 e. The molecule has 0 spiro atoms. The number of para-hydroxylation sites is 4. The van der Waals surface area contributed by atoms with Gasteiger partial charge in [-0.3, -0.25) is 0 Å². The van der Waals surface area contributed by atoms with Crippen molar-refractivity contribution in [2.45, 2.75) is 297 Å². The lowest BCUT2D eigenvalue weighted by Gasteiger charge is -2.57. The Hall–Kier alpha value is -8.25. The zero-order valence-electron chi connectivity index (χ0n) is 76.3. The number of hydrogen-bond donors (Lipinski definition) is 0. The minimum atomic E-state index is -0.0404. The molecule has 0 aromatic heterocycles. The van der Waals surface area contributed by atoms with Gasteiger partial charge in [-0.25, -0.2) is 0 Å². The number of rotatable bonds is 10. The molecule has 2 heterocycles. The average Bonchev–Trinajstić information content (AvgIpc) is 0.690. The van der Waals surface area contributed by atoms with Gasteiger partial charge in [0.05, 0.1) is 16.4 Å². The van der Waals surface area contributed by atoms with E-state index >= 15 is 0 Å². The summed E-state index contributed by atoms with van der Waals surface area (Å²) in [6.45, 7) is 56.6. The molecule has 0 radical (unpaired) electrons. The van der Waals surface area contributed by atoms with Gasteiger partial charge < -0.3 is 19.6 Å². The molecule has 118 heavy (non-hydrogen) atoms. The maximum Gasteiger partial charge on any atom is 0.252 e. The van der Waals surface area contributed by atoms with Crippen molar-refractivity contribution >= 4 is 103 Å². The Kier molecular flexibility index (Phi) is 20.2. The van der Waals surface area contributed by atoms with Crippen LogP contribution in [0.15, 0.2) is 206 Å². The van der Waals surface area contributed by atoms with Crippen molar-refractivity contribution in [3.63, 3.8) is 0 Å². The summed E-state index contributed by atoms with van der Waals surface area (Å²) >= 11 is 8.21. The van der Waals surface area contributed by atoms with E-state index < -0.39 is 0 Å². The van der Waals surface area contributed by atoms with Crippen LogP contribution in [0.4, 0.5) is 68.2 Å². The Labute approximate surface area is 717 Å². The molecular weight excluding hydrogens is 1450 g/mol. The number of fused-ring (bicyclic) bond motifs is 4. The van der Waals surface area contributed by atoms with E-state index in [1.54, 1.807) is 5.56 Å². The zero-order valence-corrected chi connectivity index (χ0v) is 77.1. The van der Waals surface area contributed by atoms with Gasteiger partial charge in [-0.05, 0) is 348 Å². The molecule has 614 valence electrons. The lowest BCUT2D eigenvalue weighted by atomic mass is 9.33. The molecule has 10 aromatic carbocycles. The van der Waals surface area contributed by atoms with Crippen molar-refractivity contribution in [2.75, 3.05) is 19.6 Å². The predicted molar refractivity (Wildman–Crippen MR) is 511 cm³/mol. The highest BCUT2D eigenvalue weighted by molar-refractivity contribution is 7.00. The smallest absolute Gasteiger partial charge is 0.252 e. The molecule has 0 saturated heterocycles. The summed E-state index contributed by atoms with van der Waals surface area (Å²) in [7, 11) is 0. The second-order valence-electron chi connectivity index (χ2n) is 46.8. The van der Waals surface area contributed by atoms with Gasteiger partial charge in [0.25, 0.3) is 6.71 Å². The van der Waals surface area contributed by atoms with Crippen LogP contribution in [0.5, 0.6) is 0 Å². The van der Waals surface area contributed by atoms with Crippen LogP contribution in [0.1, 0.15) is 299 Å². The number of anilines is 12. The quantitative estimate of drug-likeness (QED) is 0.127. The van der Waals surface area contributed by atoms with Crippen molar-refractivity contribution in [3.8, 4) is 0 Å². The topological polar surface area (TPSA) is 13.0 Å². The van der Waals surface area contributed by atoms with E-state index in [1.807, 2.05) is 0 Å². The normalized spacial score (nSPS) is 22.6. The van der Waals surface area contributed by atoms with Gasteiger partial charge >= 0.3 is 0 Å². The molecule has 8 bridgehead atoms.